The molecule has 1 saturated heterocycles. The van der Waals surface area contributed by atoms with Crippen molar-refractivity contribution in [3.8, 4) is 0 Å². The molecule has 0 aromatic heterocycles. The lowest BCUT2D eigenvalue weighted by atomic mass is 9.94. The van der Waals surface area contributed by atoms with Gasteiger partial charge in [0.25, 0.3) is 0 Å². The molecule has 1 rings (SSSR count). The van der Waals surface area contributed by atoms with Crippen LogP contribution >= 0.6 is 0 Å². The highest BCUT2D eigenvalue weighted by molar-refractivity contribution is 5.78. The Morgan fingerprint density at radius 2 is 1.54 bits per heavy atom. The number of Topliss-reactive ketones (excluding diaryl/α,β-unsaturated/α-hetero) is 1. The molecule has 24 heavy (non-hydrogen) atoms. The fourth-order valence-electron chi connectivity index (χ4n) is 3.85. The van der Waals surface area contributed by atoms with Crippen molar-refractivity contribution >= 4 is 5.78 Å². The van der Waals surface area contributed by atoms with Crippen LogP contribution in [-0.2, 0) is 9.53 Å². The molecule has 2 atom stereocenters. The maximum Gasteiger partial charge on any atom is 0.133 e. The summed E-state index contributed by atoms with van der Waals surface area (Å²) in [5, 5.41) is 0. The van der Waals surface area contributed by atoms with Crippen LogP contribution in [0.25, 0.3) is 0 Å². The molecule has 0 amide bonds. The van der Waals surface area contributed by atoms with Gasteiger partial charge in [-0.1, -0.05) is 71.6 Å². The number of carbonyl (C=O) groups is 1. The van der Waals surface area contributed by atoms with Crippen LogP contribution in [-0.4, -0.2) is 17.5 Å². The molecule has 0 saturated carbocycles. The Morgan fingerprint density at radius 3 is 2.21 bits per heavy atom. The number of ketones is 1. The molecule has 0 aromatic rings. The van der Waals surface area contributed by atoms with E-state index >= 15 is 0 Å². The molecule has 1 heterocycles. The minimum Gasteiger partial charge on any atom is -0.372 e. The Morgan fingerprint density at radius 1 is 0.917 bits per heavy atom. The monoisotopic (exact) mass is 338 g/mol. The first-order chi connectivity index (χ1) is 11.6. The minimum absolute atomic E-state index is 0.0834. The highest BCUT2D eigenvalue weighted by atomic mass is 16.5. The van der Waals surface area contributed by atoms with Crippen molar-refractivity contribution < 1.29 is 9.53 Å². The Hall–Kier alpha value is -0.370. The molecule has 0 radical (unpaired) electrons. The summed E-state index contributed by atoms with van der Waals surface area (Å²) in [6.45, 7) is 6.77. The van der Waals surface area contributed by atoms with E-state index in [1.165, 1.54) is 70.6 Å². The van der Waals surface area contributed by atoms with Crippen LogP contribution in [0.5, 0.6) is 0 Å². The second-order valence-electron chi connectivity index (χ2n) is 8.13. The first kappa shape index (κ1) is 21.7. The zero-order chi connectivity index (χ0) is 17.7. The second kappa shape index (κ2) is 12.9. The average molecular weight is 339 g/mol. The highest BCUT2D eigenvalue weighted by Crippen LogP contribution is 2.36. The number of hydrogen-bond acceptors (Lipinski definition) is 2. The van der Waals surface area contributed by atoms with E-state index in [-0.39, 0.29) is 5.60 Å². The maximum atomic E-state index is 12.0. The van der Waals surface area contributed by atoms with Gasteiger partial charge in [-0.05, 0) is 39.0 Å². The molecule has 0 aliphatic carbocycles. The smallest absolute Gasteiger partial charge is 0.133 e. The number of hydrogen-bond donors (Lipinski definition) is 0. The van der Waals surface area contributed by atoms with Crippen LogP contribution in [0.2, 0.25) is 0 Å². The molecule has 0 N–H and O–H groups in total. The first-order valence-electron chi connectivity index (χ1n) is 10.8. The Bertz CT molecular complexity index is 326. The topological polar surface area (TPSA) is 26.3 Å². The van der Waals surface area contributed by atoms with Gasteiger partial charge in [-0.3, -0.25) is 4.79 Å². The zero-order valence-corrected chi connectivity index (χ0v) is 16.7. The molecule has 2 unspecified atom stereocenters. The van der Waals surface area contributed by atoms with Crippen molar-refractivity contribution in [2.24, 2.45) is 0 Å². The van der Waals surface area contributed by atoms with Crippen molar-refractivity contribution in [3.63, 3.8) is 0 Å². The number of carbonyl (C=O) groups excluding carboxylic acids is 1. The van der Waals surface area contributed by atoms with E-state index in [0.29, 0.717) is 11.9 Å². The van der Waals surface area contributed by atoms with Gasteiger partial charge in [0.15, 0.2) is 0 Å². The molecule has 2 heteroatoms. The predicted octanol–water partition coefficient (Wildman–Crippen LogP) is 6.99. The van der Waals surface area contributed by atoms with Crippen LogP contribution in [0.1, 0.15) is 124 Å². The summed E-state index contributed by atoms with van der Waals surface area (Å²) in [7, 11) is 0. The quantitative estimate of drug-likeness (QED) is 0.301. The average Bonchev–Trinajstić information content (AvgIpc) is 2.94. The standard InChI is InChI=1S/C22H42O2/c1-4-6-8-10-12-14-20(23)15-16-21-17-19-22(3,24-21)18-13-11-9-7-5-2/h21H,4-19H2,1-3H3. The summed E-state index contributed by atoms with van der Waals surface area (Å²) in [6.07, 6.45) is 19.1. The van der Waals surface area contributed by atoms with Gasteiger partial charge in [-0.2, -0.15) is 0 Å². The number of rotatable bonds is 15. The number of ether oxygens (including phenoxy) is 1. The third kappa shape index (κ3) is 9.81. The highest BCUT2D eigenvalue weighted by Gasteiger charge is 2.35. The molecule has 142 valence electrons. The third-order valence-electron chi connectivity index (χ3n) is 5.56. The summed E-state index contributed by atoms with van der Waals surface area (Å²) in [5.41, 5.74) is 0.0834. The fraction of sp³-hybridized carbons (Fsp3) is 0.955. The number of unbranched alkanes of at least 4 members (excludes halogenated alkanes) is 8. The molecule has 2 nitrogen and oxygen atoms in total. The largest absolute Gasteiger partial charge is 0.372 e. The van der Waals surface area contributed by atoms with Crippen LogP contribution in [0.15, 0.2) is 0 Å². The van der Waals surface area contributed by atoms with Gasteiger partial charge in [-0.15, -0.1) is 0 Å². The summed E-state index contributed by atoms with van der Waals surface area (Å²) in [6, 6.07) is 0. The zero-order valence-electron chi connectivity index (χ0n) is 16.7. The molecule has 1 aliphatic heterocycles. The van der Waals surface area contributed by atoms with Crippen LogP contribution in [0.3, 0.4) is 0 Å². The van der Waals surface area contributed by atoms with Gasteiger partial charge in [0.2, 0.25) is 0 Å². The van der Waals surface area contributed by atoms with Gasteiger partial charge < -0.3 is 4.74 Å². The van der Waals surface area contributed by atoms with Gasteiger partial charge >= 0.3 is 0 Å². The summed E-state index contributed by atoms with van der Waals surface area (Å²) in [4.78, 5) is 12.0. The lowest BCUT2D eigenvalue weighted by Gasteiger charge is -2.25. The first-order valence-corrected chi connectivity index (χ1v) is 10.8. The molecule has 0 spiro atoms. The van der Waals surface area contributed by atoms with E-state index in [1.54, 1.807) is 0 Å². The lowest BCUT2D eigenvalue weighted by Crippen LogP contribution is -2.25. The Balaban J connectivity index is 2.07. The van der Waals surface area contributed by atoms with Gasteiger partial charge in [-0.25, -0.2) is 0 Å². The summed E-state index contributed by atoms with van der Waals surface area (Å²) >= 11 is 0. The lowest BCUT2D eigenvalue weighted by molar-refractivity contribution is -0.120. The van der Waals surface area contributed by atoms with Crippen LogP contribution in [0.4, 0.5) is 0 Å². The fourth-order valence-corrected chi connectivity index (χ4v) is 3.85. The SMILES string of the molecule is CCCCCCCC(=O)CCC1CCC(C)(CCCCCCC)O1. The van der Waals surface area contributed by atoms with Crippen molar-refractivity contribution in [2.45, 2.75) is 135 Å². The van der Waals surface area contributed by atoms with E-state index in [0.717, 1.165) is 32.1 Å². The maximum absolute atomic E-state index is 12.0. The molecular weight excluding hydrogens is 296 g/mol. The molecular formula is C22H42O2. The van der Waals surface area contributed by atoms with E-state index in [9.17, 15) is 4.79 Å². The minimum atomic E-state index is 0.0834. The summed E-state index contributed by atoms with van der Waals surface area (Å²) < 4.78 is 6.31. The Labute approximate surface area is 151 Å². The molecule has 0 bridgehead atoms. The second-order valence-corrected chi connectivity index (χ2v) is 8.13. The van der Waals surface area contributed by atoms with Crippen molar-refractivity contribution in [3.05, 3.63) is 0 Å². The van der Waals surface area contributed by atoms with Crippen LogP contribution < -0.4 is 0 Å². The van der Waals surface area contributed by atoms with Crippen molar-refractivity contribution in [1.29, 1.82) is 0 Å². The van der Waals surface area contributed by atoms with E-state index in [4.69, 9.17) is 4.74 Å². The van der Waals surface area contributed by atoms with Crippen molar-refractivity contribution in [1.82, 2.24) is 0 Å². The van der Waals surface area contributed by atoms with E-state index < -0.39 is 0 Å². The normalized spacial score (nSPS) is 23.7. The molecule has 1 aliphatic rings. The van der Waals surface area contributed by atoms with E-state index in [2.05, 4.69) is 20.8 Å². The van der Waals surface area contributed by atoms with Gasteiger partial charge in [0.05, 0.1) is 11.7 Å². The third-order valence-corrected chi connectivity index (χ3v) is 5.56. The Kier molecular flexibility index (Phi) is 11.7. The predicted molar refractivity (Wildman–Crippen MR) is 104 cm³/mol. The van der Waals surface area contributed by atoms with Crippen LogP contribution in [0, 0.1) is 0 Å². The van der Waals surface area contributed by atoms with E-state index in [1.807, 2.05) is 0 Å². The molecule has 0 aromatic carbocycles. The van der Waals surface area contributed by atoms with Crippen molar-refractivity contribution in [2.75, 3.05) is 0 Å². The molecule has 1 fully saturated rings. The van der Waals surface area contributed by atoms with Gasteiger partial charge in [0, 0.05) is 12.8 Å². The van der Waals surface area contributed by atoms with Gasteiger partial charge in [0.1, 0.15) is 5.78 Å². The summed E-state index contributed by atoms with van der Waals surface area (Å²) in [5.74, 6) is 0.447.